The lowest BCUT2D eigenvalue weighted by Crippen LogP contribution is -1.96. The van der Waals surface area contributed by atoms with Crippen LogP contribution in [0.2, 0.25) is 0 Å². The van der Waals surface area contributed by atoms with Gasteiger partial charge in [0.15, 0.2) is 23.3 Å². The van der Waals surface area contributed by atoms with Crippen molar-refractivity contribution in [3.05, 3.63) is 102 Å². The van der Waals surface area contributed by atoms with Crippen molar-refractivity contribution < 1.29 is 26.7 Å². The smallest absolute Gasteiger partial charge is 0.159 e. The third kappa shape index (κ3) is 3.39. The number of fused-ring (bicyclic) bond motifs is 2. The third-order valence-electron chi connectivity index (χ3n) is 5.72. The molecule has 5 rings (SSSR count). The molecule has 5 aromatic rings. The molecular formula is C27H15F5O. The number of rotatable bonds is 3. The van der Waals surface area contributed by atoms with Crippen LogP contribution in [0.3, 0.4) is 0 Å². The highest BCUT2D eigenvalue weighted by Gasteiger charge is 2.22. The van der Waals surface area contributed by atoms with E-state index in [1.54, 1.807) is 30.3 Å². The minimum Gasteiger partial charge on any atom is -0.497 e. The first-order chi connectivity index (χ1) is 15.9. The molecule has 164 valence electrons. The van der Waals surface area contributed by atoms with Gasteiger partial charge in [0.05, 0.1) is 7.11 Å². The number of halogens is 5. The maximum atomic E-state index is 15.3. The van der Waals surface area contributed by atoms with E-state index in [-0.39, 0.29) is 21.9 Å². The second kappa shape index (κ2) is 7.89. The minimum atomic E-state index is -1.14. The van der Waals surface area contributed by atoms with Crippen molar-refractivity contribution in [2.75, 3.05) is 7.11 Å². The zero-order valence-corrected chi connectivity index (χ0v) is 17.2. The molecule has 1 nitrogen and oxygen atoms in total. The van der Waals surface area contributed by atoms with Gasteiger partial charge < -0.3 is 4.74 Å². The number of hydrogen-bond donors (Lipinski definition) is 0. The number of methoxy groups -OCH3 is 1. The lowest BCUT2D eigenvalue weighted by atomic mass is 9.85. The van der Waals surface area contributed by atoms with E-state index in [9.17, 15) is 17.6 Å². The second-order valence-electron chi connectivity index (χ2n) is 7.58. The van der Waals surface area contributed by atoms with Crippen molar-refractivity contribution in [3.8, 4) is 28.0 Å². The van der Waals surface area contributed by atoms with Crippen LogP contribution in [0.25, 0.3) is 43.8 Å². The lowest BCUT2D eigenvalue weighted by Gasteiger charge is -2.18. The van der Waals surface area contributed by atoms with Crippen molar-refractivity contribution in [1.29, 1.82) is 0 Å². The van der Waals surface area contributed by atoms with Gasteiger partial charge in [0.1, 0.15) is 11.6 Å². The first-order valence-electron chi connectivity index (χ1n) is 10.0. The average molecular weight is 450 g/mol. The molecule has 0 aromatic heterocycles. The number of ether oxygens (including phenoxy) is 1. The van der Waals surface area contributed by atoms with Gasteiger partial charge in [-0.1, -0.05) is 30.3 Å². The molecule has 0 radical (unpaired) electrons. The van der Waals surface area contributed by atoms with Gasteiger partial charge in [0, 0.05) is 10.9 Å². The van der Waals surface area contributed by atoms with Crippen LogP contribution in [0.5, 0.6) is 5.75 Å². The zero-order valence-electron chi connectivity index (χ0n) is 17.2. The van der Waals surface area contributed by atoms with E-state index in [4.69, 9.17) is 4.74 Å². The Balaban J connectivity index is 2.01. The molecule has 0 fully saturated rings. The molecule has 0 aliphatic carbocycles. The number of hydrogen-bond acceptors (Lipinski definition) is 1. The molecule has 0 atom stereocenters. The first-order valence-corrected chi connectivity index (χ1v) is 10.0. The standard InChI is InChI=1S/C27H15F5O/c1-33-16-8-5-14(6-9-16)25-17-3-2-4-21(29)27(17)26(15-7-10-20(28)22(30)11-15)19-13-24(32)23(31)12-18(19)25/h2-13H,1H3. The van der Waals surface area contributed by atoms with Gasteiger partial charge in [0.2, 0.25) is 0 Å². The van der Waals surface area contributed by atoms with Crippen molar-refractivity contribution in [2.24, 2.45) is 0 Å². The fourth-order valence-electron chi connectivity index (χ4n) is 4.25. The van der Waals surface area contributed by atoms with Crippen molar-refractivity contribution in [1.82, 2.24) is 0 Å². The SMILES string of the molecule is COc1ccc(-c2c3cc(F)c(F)cc3c(-c3ccc(F)c(F)c3)c3c(F)cccc23)cc1. The van der Waals surface area contributed by atoms with Crippen LogP contribution in [-0.4, -0.2) is 7.11 Å². The van der Waals surface area contributed by atoms with Gasteiger partial charge in [0.25, 0.3) is 0 Å². The Morgan fingerprint density at radius 3 is 1.76 bits per heavy atom. The van der Waals surface area contributed by atoms with Crippen LogP contribution in [0, 0.1) is 29.1 Å². The minimum absolute atomic E-state index is 0.0906. The summed E-state index contributed by atoms with van der Waals surface area (Å²) >= 11 is 0. The number of benzene rings is 5. The summed E-state index contributed by atoms with van der Waals surface area (Å²) in [7, 11) is 1.52. The molecule has 0 heterocycles. The van der Waals surface area contributed by atoms with Gasteiger partial charge >= 0.3 is 0 Å². The predicted octanol–water partition coefficient (Wildman–Crippen LogP) is 8.03. The second-order valence-corrected chi connectivity index (χ2v) is 7.58. The third-order valence-corrected chi connectivity index (χ3v) is 5.72. The van der Waals surface area contributed by atoms with Crippen LogP contribution >= 0.6 is 0 Å². The van der Waals surface area contributed by atoms with Gasteiger partial charge in [-0.15, -0.1) is 0 Å². The molecule has 0 aliphatic rings. The molecule has 33 heavy (non-hydrogen) atoms. The largest absolute Gasteiger partial charge is 0.497 e. The van der Waals surface area contributed by atoms with Crippen LogP contribution in [-0.2, 0) is 0 Å². The van der Waals surface area contributed by atoms with E-state index in [0.717, 1.165) is 24.3 Å². The van der Waals surface area contributed by atoms with Gasteiger partial charge in [-0.3, -0.25) is 0 Å². The van der Waals surface area contributed by atoms with E-state index in [1.165, 1.54) is 25.3 Å². The molecule has 0 amide bonds. The summed E-state index contributed by atoms with van der Waals surface area (Å²) in [6.07, 6.45) is 0. The lowest BCUT2D eigenvalue weighted by molar-refractivity contribution is 0.415. The summed E-state index contributed by atoms with van der Waals surface area (Å²) in [4.78, 5) is 0. The van der Waals surface area contributed by atoms with Crippen LogP contribution < -0.4 is 4.74 Å². The van der Waals surface area contributed by atoms with Crippen molar-refractivity contribution in [3.63, 3.8) is 0 Å². The molecule has 0 saturated heterocycles. The van der Waals surface area contributed by atoms with Crippen LogP contribution in [0.1, 0.15) is 0 Å². The highest BCUT2D eigenvalue weighted by Crippen LogP contribution is 2.45. The molecule has 0 bridgehead atoms. The average Bonchev–Trinajstić information content (AvgIpc) is 2.81. The fourth-order valence-corrected chi connectivity index (χ4v) is 4.25. The molecular weight excluding hydrogens is 435 g/mol. The van der Waals surface area contributed by atoms with E-state index >= 15 is 4.39 Å². The van der Waals surface area contributed by atoms with E-state index in [1.807, 2.05) is 0 Å². The molecule has 0 N–H and O–H groups in total. The molecule has 0 spiro atoms. The van der Waals surface area contributed by atoms with Gasteiger partial charge in [-0.05, 0) is 75.3 Å². The predicted molar refractivity (Wildman–Crippen MR) is 119 cm³/mol. The van der Waals surface area contributed by atoms with Gasteiger partial charge in [-0.25, -0.2) is 22.0 Å². The first kappa shape index (κ1) is 20.9. The van der Waals surface area contributed by atoms with Crippen molar-refractivity contribution in [2.45, 2.75) is 0 Å². The molecule has 0 aliphatic heterocycles. The Bertz CT molecular complexity index is 1540. The summed E-state index contributed by atoms with van der Waals surface area (Å²) < 4.78 is 77.0. The van der Waals surface area contributed by atoms with E-state index in [0.29, 0.717) is 27.6 Å². The molecule has 6 heteroatoms. The maximum Gasteiger partial charge on any atom is 0.159 e. The highest BCUT2D eigenvalue weighted by molar-refractivity contribution is 6.21. The Morgan fingerprint density at radius 2 is 1.12 bits per heavy atom. The normalized spacial score (nSPS) is 11.3. The monoisotopic (exact) mass is 450 g/mol. The summed E-state index contributed by atoms with van der Waals surface area (Å²) in [6, 6.07) is 16.4. The van der Waals surface area contributed by atoms with E-state index < -0.39 is 29.1 Å². The van der Waals surface area contributed by atoms with Gasteiger partial charge in [-0.2, -0.15) is 0 Å². The Labute approximate surface area is 185 Å². The van der Waals surface area contributed by atoms with Crippen molar-refractivity contribution >= 4 is 21.5 Å². The molecule has 0 saturated carbocycles. The Kier molecular flexibility index (Phi) is 5.01. The topological polar surface area (TPSA) is 9.23 Å². The quantitative estimate of drug-likeness (QED) is 0.200. The summed E-state index contributed by atoms with van der Waals surface area (Å²) in [6.45, 7) is 0. The van der Waals surface area contributed by atoms with Crippen LogP contribution in [0.4, 0.5) is 22.0 Å². The summed E-state index contributed by atoms with van der Waals surface area (Å²) in [5.74, 6) is -4.46. The Morgan fingerprint density at radius 1 is 0.515 bits per heavy atom. The van der Waals surface area contributed by atoms with E-state index in [2.05, 4.69) is 0 Å². The Hall–Kier alpha value is -3.93. The summed E-state index contributed by atoms with van der Waals surface area (Å²) in [5, 5.41) is 0.978. The molecule has 0 unspecified atom stereocenters. The fraction of sp³-hybridized carbons (Fsp3) is 0.0370. The zero-order chi connectivity index (χ0) is 23.3. The maximum absolute atomic E-state index is 15.3. The van der Waals surface area contributed by atoms with Crippen LogP contribution in [0.15, 0.2) is 72.8 Å². The highest BCUT2D eigenvalue weighted by atomic mass is 19.2. The molecule has 5 aromatic carbocycles. The summed E-state index contributed by atoms with van der Waals surface area (Å²) in [5.41, 5.74) is 1.39.